The van der Waals surface area contributed by atoms with Crippen molar-refractivity contribution >= 4 is 59.6 Å². The fraction of sp³-hybridized carbons (Fsp3) is 0.667. The second-order valence-electron chi connectivity index (χ2n) is 7.37. The Morgan fingerprint density at radius 2 is 1.36 bits per heavy atom. The first-order valence-electron chi connectivity index (χ1n) is 10.3. The molecule has 0 N–H and O–H groups in total. The molecule has 28 heavy (non-hydrogen) atoms. The first-order chi connectivity index (χ1) is 13.3. The topological polar surface area (TPSA) is 35.5 Å². The molecule has 0 heterocycles. The number of hydrogen-bond donors (Lipinski definition) is 0. The summed E-state index contributed by atoms with van der Waals surface area (Å²) in [5, 5.41) is 1.01. The summed E-state index contributed by atoms with van der Waals surface area (Å²) in [6.45, 7) is 8.28. The number of rotatable bonds is 13. The van der Waals surface area contributed by atoms with E-state index in [1.54, 1.807) is 6.92 Å². The maximum absolute atomic E-state index is 12.9. The van der Waals surface area contributed by atoms with E-state index in [2.05, 4.69) is 20.8 Å². The monoisotopic (exact) mass is 558 g/mol. The van der Waals surface area contributed by atoms with Gasteiger partial charge >= 0.3 is 191 Å². The summed E-state index contributed by atoms with van der Waals surface area (Å²) in [5.41, 5.74) is 0. The van der Waals surface area contributed by atoms with Crippen LogP contribution in [0.3, 0.4) is 0 Å². The zero-order valence-electron chi connectivity index (χ0n) is 17.5. The van der Waals surface area contributed by atoms with Crippen LogP contribution in [-0.2, 0) is 7.87 Å². The van der Waals surface area contributed by atoms with Crippen LogP contribution < -0.4 is 4.74 Å². The Kier molecular flexibility index (Phi) is 12.6. The van der Waals surface area contributed by atoms with Crippen molar-refractivity contribution in [2.24, 2.45) is 0 Å². The Morgan fingerprint density at radius 3 is 1.82 bits per heavy atom. The molecular weight excluding hydrogens is 525 g/mol. The van der Waals surface area contributed by atoms with E-state index in [1.807, 2.05) is 0 Å². The Balaban J connectivity index is 2.93. The Morgan fingerprint density at radius 1 is 0.893 bits per heavy atom. The first kappa shape index (κ1) is 26.2. The number of carbonyl (C=O) groups excluding carboxylic acids is 1. The SMILES string of the molecule is CCC[CH2][Sn]([CH2]CCC)([CH2]CCC)[O]C(=O)C(C)Oc1cc(Cl)c(Cl)cc1Cl. The van der Waals surface area contributed by atoms with E-state index in [0.717, 1.165) is 51.8 Å². The van der Waals surface area contributed by atoms with Gasteiger partial charge in [-0.1, -0.05) is 0 Å². The Labute approximate surface area is 189 Å². The van der Waals surface area contributed by atoms with Gasteiger partial charge in [0.1, 0.15) is 0 Å². The van der Waals surface area contributed by atoms with E-state index in [-0.39, 0.29) is 5.97 Å². The third-order valence-corrected chi connectivity index (χ3v) is 18.5. The molecule has 160 valence electrons. The average Bonchev–Trinajstić information content (AvgIpc) is 2.66. The maximum atomic E-state index is 12.9. The summed E-state index contributed by atoms with van der Waals surface area (Å²) in [5.74, 6) is 0.0678. The summed E-state index contributed by atoms with van der Waals surface area (Å²) >= 11 is 15.2. The summed E-state index contributed by atoms with van der Waals surface area (Å²) < 4.78 is 15.4. The molecule has 0 aromatic heterocycles. The van der Waals surface area contributed by atoms with Gasteiger partial charge in [0.15, 0.2) is 0 Å². The van der Waals surface area contributed by atoms with Crippen LogP contribution >= 0.6 is 34.8 Å². The van der Waals surface area contributed by atoms with Gasteiger partial charge in [-0.05, 0) is 0 Å². The van der Waals surface area contributed by atoms with Crippen molar-refractivity contribution in [2.75, 3.05) is 0 Å². The van der Waals surface area contributed by atoms with Crippen molar-refractivity contribution in [2.45, 2.75) is 85.6 Å². The molecule has 0 amide bonds. The number of halogens is 3. The van der Waals surface area contributed by atoms with E-state index in [0.29, 0.717) is 20.8 Å². The van der Waals surface area contributed by atoms with Crippen molar-refractivity contribution in [3.05, 3.63) is 27.2 Å². The molecule has 0 bridgehead atoms. The van der Waals surface area contributed by atoms with Crippen molar-refractivity contribution < 1.29 is 12.6 Å². The van der Waals surface area contributed by atoms with E-state index in [4.69, 9.17) is 42.6 Å². The fourth-order valence-corrected chi connectivity index (χ4v) is 17.0. The molecule has 0 spiro atoms. The molecule has 1 unspecified atom stereocenters. The molecule has 0 aliphatic rings. The minimum absolute atomic E-state index is 0.277. The third-order valence-electron chi connectivity index (χ3n) is 4.89. The van der Waals surface area contributed by atoms with E-state index in [9.17, 15) is 4.79 Å². The quantitative estimate of drug-likeness (QED) is 0.181. The van der Waals surface area contributed by atoms with Crippen LogP contribution in [0.5, 0.6) is 5.75 Å². The molecular formula is C21H33Cl3O3Sn. The van der Waals surface area contributed by atoms with Crippen LogP contribution in [-0.4, -0.2) is 30.9 Å². The molecule has 1 rings (SSSR count). The van der Waals surface area contributed by atoms with Gasteiger partial charge in [-0.15, -0.1) is 0 Å². The average molecular weight is 559 g/mol. The van der Waals surface area contributed by atoms with E-state index < -0.39 is 24.9 Å². The van der Waals surface area contributed by atoms with Gasteiger partial charge in [0.25, 0.3) is 0 Å². The van der Waals surface area contributed by atoms with Gasteiger partial charge in [-0.25, -0.2) is 0 Å². The predicted octanol–water partition coefficient (Wildman–Crippen LogP) is 8.30. The second-order valence-corrected chi connectivity index (χ2v) is 20.2. The third kappa shape index (κ3) is 8.49. The molecule has 3 nitrogen and oxygen atoms in total. The Hall–Kier alpha value is 0.159. The van der Waals surface area contributed by atoms with Gasteiger partial charge in [-0.2, -0.15) is 0 Å². The van der Waals surface area contributed by atoms with Gasteiger partial charge in [0.2, 0.25) is 0 Å². The summed E-state index contributed by atoms with van der Waals surface area (Å²) in [7, 11) is 0. The van der Waals surface area contributed by atoms with Crippen LogP contribution in [0.4, 0.5) is 0 Å². The first-order valence-corrected chi connectivity index (χ1v) is 18.7. The summed E-state index contributed by atoms with van der Waals surface area (Å²) in [4.78, 5) is 12.9. The van der Waals surface area contributed by atoms with Crippen molar-refractivity contribution in [3.8, 4) is 5.75 Å². The predicted molar refractivity (Wildman–Crippen MR) is 123 cm³/mol. The van der Waals surface area contributed by atoms with E-state index in [1.165, 1.54) is 12.1 Å². The van der Waals surface area contributed by atoms with Crippen molar-refractivity contribution in [1.82, 2.24) is 0 Å². The molecule has 0 aliphatic heterocycles. The van der Waals surface area contributed by atoms with Crippen molar-refractivity contribution in [3.63, 3.8) is 0 Å². The normalized spacial score (nSPS) is 12.7. The molecule has 1 atom stereocenters. The second kappa shape index (κ2) is 13.5. The molecule has 1 aromatic rings. The standard InChI is InChI=1S/C9H7Cl3O3.3C4H9.Sn/c1-4(9(13)14)15-8-3-6(11)5(10)2-7(8)12;3*1-3-4-2;/h2-4H,1H3,(H,13,14);3*1,3-4H2,2H3;/q;;;;+1/p-1. The molecule has 0 saturated heterocycles. The zero-order valence-corrected chi connectivity index (χ0v) is 22.6. The van der Waals surface area contributed by atoms with Gasteiger partial charge in [-0.3, -0.25) is 0 Å². The van der Waals surface area contributed by atoms with Crippen LogP contribution in [0.1, 0.15) is 66.2 Å². The molecule has 1 aromatic carbocycles. The minimum atomic E-state index is -3.03. The molecule has 0 aliphatic carbocycles. The number of unbranched alkanes of at least 4 members (excludes halogenated alkanes) is 3. The zero-order chi connectivity index (χ0) is 21.2. The molecule has 0 radical (unpaired) electrons. The molecule has 0 saturated carbocycles. The number of benzene rings is 1. The molecule has 7 heteroatoms. The van der Waals surface area contributed by atoms with Gasteiger partial charge in [0.05, 0.1) is 0 Å². The Bertz CT molecular complexity index is 603. The number of ether oxygens (including phenoxy) is 1. The van der Waals surface area contributed by atoms with Crippen LogP contribution in [0.25, 0.3) is 0 Å². The fourth-order valence-electron chi connectivity index (χ4n) is 3.15. The summed E-state index contributed by atoms with van der Waals surface area (Å²) in [6.07, 6.45) is 6.02. The number of carbonyl (C=O) groups is 1. The number of hydrogen-bond acceptors (Lipinski definition) is 3. The molecule has 0 fully saturated rings. The van der Waals surface area contributed by atoms with Crippen molar-refractivity contribution in [1.29, 1.82) is 0 Å². The summed E-state index contributed by atoms with van der Waals surface area (Å²) in [6, 6.07) is 3.06. The van der Waals surface area contributed by atoms with Crippen LogP contribution in [0, 0.1) is 0 Å². The van der Waals surface area contributed by atoms with E-state index >= 15 is 0 Å². The van der Waals surface area contributed by atoms with Gasteiger partial charge < -0.3 is 0 Å². The van der Waals surface area contributed by atoms with Crippen LogP contribution in [0.15, 0.2) is 12.1 Å². The van der Waals surface area contributed by atoms with Crippen LogP contribution in [0.2, 0.25) is 28.4 Å². The van der Waals surface area contributed by atoms with Gasteiger partial charge in [0, 0.05) is 0 Å².